The number of carbonyl (C=O) groups is 2. The average molecular weight is 468 g/mol. The molecule has 35 heavy (non-hydrogen) atoms. The zero-order valence-corrected chi connectivity index (χ0v) is 20.1. The van der Waals surface area contributed by atoms with Crippen LogP contribution < -0.4 is 10.1 Å². The molecule has 0 heterocycles. The molecule has 4 rings (SSSR count). The van der Waals surface area contributed by atoms with Gasteiger partial charge in [-0.15, -0.1) is 0 Å². The van der Waals surface area contributed by atoms with Gasteiger partial charge in [-0.2, -0.15) is 0 Å². The summed E-state index contributed by atoms with van der Waals surface area (Å²) in [6.45, 7) is 2.18. The van der Waals surface area contributed by atoms with Crippen molar-refractivity contribution in [2.24, 2.45) is 0 Å². The zero-order valence-electron chi connectivity index (χ0n) is 20.1. The molecule has 0 unspecified atom stereocenters. The van der Waals surface area contributed by atoms with Gasteiger partial charge >= 0.3 is 5.97 Å². The van der Waals surface area contributed by atoms with Gasteiger partial charge in [-0.1, -0.05) is 61.6 Å². The molecule has 5 nitrogen and oxygen atoms in total. The van der Waals surface area contributed by atoms with Crippen molar-refractivity contribution in [3.8, 4) is 17.6 Å². The van der Waals surface area contributed by atoms with E-state index in [2.05, 4.69) is 36.2 Å². The number of carboxylic acid groups (broad SMARTS) is 1. The molecule has 178 valence electrons. The Morgan fingerprint density at radius 3 is 2.29 bits per heavy atom. The van der Waals surface area contributed by atoms with E-state index in [0.717, 1.165) is 36.0 Å². The molecule has 1 aliphatic carbocycles. The quantitative estimate of drug-likeness (QED) is 0.490. The van der Waals surface area contributed by atoms with Gasteiger partial charge in [0.25, 0.3) is 5.91 Å². The minimum atomic E-state index is -1.37. The molecule has 0 spiro atoms. The van der Waals surface area contributed by atoms with E-state index in [-0.39, 0.29) is 12.8 Å². The lowest BCUT2D eigenvalue weighted by atomic mass is 9.95. The van der Waals surface area contributed by atoms with E-state index in [1.54, 1.807) is 25.3 Å². The molecule has 0 atom stereocenters. The Kier molecular flexibility index (Phi) is 7.22. The fourth-order valence-electron chi connectivity index (χ4n) is 4.42. The Balaban J connectivity index is 1.55. The van der Waals surface area contributed by atoms with E-state index < -0.39 is 17.4 Å². The molecule has 3 aromatic rings. The number of unbranched alkanes of at least 4 members (excludes halogenated alkanes) is 1. The molecule has 0 saturated carbocycles. The Morgan fingerprint density at radius 2 is 1.69 bits per heavy atom. The third kappa shape index (κ3) is 5.38. The van der Waals surface area contributed by atoms with Crippen LogP contribution >= 0.6 is 0 Å². The summed E-state index contributed by atoms with van der Waals surface area (Å²) < 4.78 is 5.44. The second-order valence-corrected chi connectivity index (χ2v) is 8.93. The number of ether oxygens (including phenoxy) is 1. The van der Waals surface area contributed by atoms with Crippen molar-refractivity contribution >= 4 is 11.9 Å². The van der Waals surface area contributed by atoms with Crippen molar-refractivity contribution in [3.05, 3.63) is 100 Å². The fourth-order valence-corrected chi connectivity index (χ4v) is 4.42. The van der Waals surface area contributed by atoms with Crippen LogP contribution in [0.1, 0.15) is 57.9 Å². The summed E-state index contributed by atoms with van der Waals surface area (Å²) in [5, 5.41) is 12.8. The molecule has 0 bridgehead atoms. The topological polar surface area (TPSA) is 75.6 Å². The fraction of sp³-hybridized carbons (Fsp3) is 0.267. The number of hydrogen-bond donors (Lipinski definition) is 2. The molecule has 1 amide bonds. The van der Waals surface area contributed by atoms with Gasteiger partial charge in [0.2, 0.25) is 0 Å². The van der Waals surface area contributed by atoms with Crippen LogP contribution in [0.4, 0.5) is 0 Å². The molecule has 0 aromatic heterocycles. The van der Waals surface area contributed by atoms with Gasteiger partial charge in [0.15, 0.2) is 0 Å². The monoisotopic (exact) mass is 467 g/mol. The molecular weight excluding hydrogens is 438 g/mol. The number of fused-ring (bicyclic) bond motifs is 1. The molecule has 2 N–H and O–H groups in total. The van der Waals surface area contributed by atoms with Gasteiger partial charge in [0.1, 0.15) is 11.3 Å². The minimum Gasteiger partial charge on any atom is -0.495 e. The van der Waals surface area contributed by atoms with Crippen LogP contribution in [0.5, 0.6) is 5.75 Å². The van der Waals surface area contributed by atoms with Gasteiger partial charge in [0, 0.05) is 24.0 Å². The molecule has 0 radical (unpaired) electrons. The second kappa shape index (κ2) is 10.5. The number of amides is 1. The van der Waals surface area contributed by atoms with E-state index in [4.69, 9.17) is 4.74 Å². The first-order chi connectivity index (χ1) is 16.9. The average Bonchev–Trinajstić information content (AvgIpc) is 3.26. The number of aliphatic carboxylic acids is 1. The first-order valence-electron chi connectivity index (χ1n) is 11.9. The SMILES string of the molecule is CCCCc1ccc(C#Cc2cc(C(=O)NC3(C(=O)O)Cc4ccccc4C3)ccc2OC)cc1. The number of methoxy groups -OCH3 is 1. The van der Waals surface area contributed by atoms with E-state index in [1.165, 1.54) is 5.56 Å². The van der Waals surface area contributed by atoms with E-state index in [9.17, 15) is 14.7 Å². The van der Waals surface area contributed by atoms with Gasteiger partial charge in [-0.3, -0.25) is 4.79 Å². The lowest BCUT2D eigenvalue weighted by Gasteiger charge is -2.25. The maximum Gasteiger partial charge on any atom is 0.330 e. The Hall–Kier alpha value is -4.04. The molecule has 0 saturated heterocycles. The number of hydrogen-bond acceptors (Lipinski definition) is 3. The largest absolute Gasteiger partial charge is 0.495 e. The first kappa shape index (κ1) is 24.1. The number of nitrogens with one attached hydrogen (secondary N) is 1. The highest BCUT2D eigenvalue weighted by Crippen LogP contribution is 2.31. The van der Waals surface area contributed by atoms with Crippen molar-refractivity contribution in [3.63, 3.8) is 0 Å². The summed E-state index contributed by atoms with van der Waals surface area (Å²) in [5.41, 5.74) is 3.57. The molecular formula is C30H29NO4. The number of carbonyl (C=O) groups excluding carboxylic acids is 1. The van der Waals surface area contributed by atoms with Crippen LogP contribution in [0, 0.1) is 11.8 Å². The summed E-state index contributed by atoms with van der Waals surface area (Å²) in [6, 6.07) is 20.7. The summed E-state index contributed by atoms with van der Waals surface area (Å²) >= 11 is 0. The van der Waals surface area contributed by atoms with Crippen LogP contribution in [0.25, 0.3) is 0 Å². The Labute approximate surface area is 206 Å². The maximum absolute atomic E-state index is 13.1. The standard InChI is InChI=1S/C30H29NO4/c1-3-4-7-21-10-12-22(13-11-21)14-15-23-18-24(16-17-27(23)35-2)28(32)31-30(29(33)34)19-25-8-5-6-9-26(25)20-30/h5-6,8-13,16-18H,3-4,7,19-20H2,1-2H3,(H,31,32)(H,33,34). The van der Waals surface area contributed by atoms with Crippen molar-refractivity contribution < 1.29 is 19.4 Å². The Morgan fingerprint density at radius 1 is 1.00 bits per heavy atom. The highest BCUT2D eigenvalue weighted by atomic mass is 16.5. The number of benzene rings is 3. The summed E-state index contributed by atoms with van der Waals surface area (Å²) in [7, 11) is 1.55. The van der Waals surface area contributed by atoms with Crippen LogP contribution in [-0.2, 0) is 24.1 Å². The molecule has 1 aliphatic rings. The van der Waals surface area contributed by atoms with Gasteiger partial charge < -0.3 is 15.2 Å². The lowest BCUT2D eigenvalue weighted by molar-refractivity contribution is -0.144. The van der Waals surface area contributed by atoms with E-state index in [1.807, 2.05) is 36.4 Å². The number of carboxylic acids is 1. The second-order valence-electron chi connectivity index (χ2n) is 8.93. The van der Waals surface area contributed by atoms with E-state index in [0.29, 0.717) is 16.9 Å². The molecule has 0 fully saturated rings. The van der Waals surface area contributed by atoms with Gasteiger partial charge in [-0.05, 0) is 59.9 Å². The Bertz CT molecular complexity index is 1270. The summed E-state index contributed by atoms with van der Waals surface area (Å²) in [6.07, 6.45) is 3.87. The van der Waals surface area contributed by atoms with Crippen molar-refractivity contribution in [1.29, 1.82) is 0 Å². The summed E-state index contributed by atoms with van der Waals surface area (Å²) in [5.74, 6) is 5.30. The predicted octanol–water partition coefficient (Wildman–Crippen LogP) is 4.79. The minimum absolute atomic E-state index is 0.251. The molecule has 0 aliphatic heterocycles. The highest BCUT2D eigenvalue weighted by Gasteiger charge is 2.45. The highest BCUT2D eigenvalue weighted by molar-refractivity contribution is 5.99. The van der Waals surface area contributed by atoms with Crippen molar-refractivity contribution in [1.82, 2.24) is 5.32 Å². The van der Waals surface area contributed by atoms with Crippen molar-refractivity contribution in [2.45, 2.75) is 44.6 Å². The van der Waals surface area contributed by atoms with Crippen LogP contribution in [-0.4, -0.2) is 29.6 Å². The third-order valence-corrected chi connectivity index (χ3v) is 6.44. The molecule has 3 aromatic carbocycles. The van der Waals surface area contributed by atoms with Gasteiger partial charge in [-0.25, -0.2) is 4.79 Å². The van der Waals surface area contributed by atoms with E-state index >= 15 is 0 Å². The normalized spacial score (nSPS) is 13.3. The van der Waals surface area contributed by atoms with Crippen LogP contribution in [0.2, 0.25) is 0 Å². The van der Waals surface area contributed by atoms with Crippen LogP contribution in [0.3, 0.4) is 0 Å². The number of aryl methyl sites for hydroxylation is 1. The van der Waals surface area contributed by atoms with Gasteiger partial charge in [0.05, 0.1) is 12.7 Å². The first-order valence-corrected chi connectivity index (χ1v) is 11.9. The van der Waals surface area contributed by atoms with Crippen LogP contribution in [0.15, 0.2) is 66.7 Å². The molecule has 5 heteroatoms. The number of rotatable bonds is 7. The zero-order chi connectivity index (χ0) is 24.8. The third-order valence-electron chi connectivity index (χ3n) is 6.44. The van der Waals surface area contributed by atoms with Crippen molar-refractivity contribution in [2.75, 3.05) is 7.11 Å². The summed E-state index contributed by atoms with van der Waals surface area (Å²) in [4.78, 5) is 25.4. The smallest absolute Gasteiger partial charge is 0.330 e. The lowest BCUT2D eigenvalue weighted by Crippen LogP contribution is -2.55. The predicted molar refractivity (Wildman–Crippen MR) is 136 cm³/mol. The maximum atomic E-state index is 13.1.